The van der Waals surface area contributed by atoms with E-state index in [0.29, 0.717) is 22.8 Å². The van der Waals surface area contributed by atoms with Crippen molar-refractivity contribution in [3.05, 3.63) is 35.7 Å². The lowest BCUT2D eigenvalue weighted by atomic mass is 10.1. The third-order valence-corrected chi connectivity index (χ3v) is 2.48. The molecule has 2 aromatic rings. The highest BCUT2D eigenvalue weighted by atomic mass is 16.6. The number of hydrogen-bond donors (Lipinski definition) is 2. The van der Waals surface area contributed by atoms with Crippen LogP contribution in [0.5, 0.6) is 0 Å². The summed E-state index contributed by atoms with van der Waals surface area (Å²) in [7, 11) is 0. The Morgan fingerprint density at radius 2 is 1.95 bits per heavy atom. The van der Waals surface area contributed by atoms with Crippen LogP contribution in [0.15, 0.2) is 28.8 Å². The summed E-state index contributed by atoms with van der Waals surface area (Å²) in [4.78, 5) is 26.9. The summed E-state index contributed by atoms with van der Waals surface area (Å²) in [6.45, 7) is 3.61. The largest absolute Gasteiger partial charge is 0.449 e. The number of benzene rings is 1. The molecule has 2 N–H and O–H groups in total. The minimum atomic E-state index is -0.719. The molecular weight excluding hydrogens is 276 g/mol. The van der Waals surface area contributed by atoms with Gasteiger partial charge in [-0.3, -0.25) is 10.2 Å². The van der Waals surface area contributed by atoms with Gasteiger partial charge < -0.3 is 9.26 Å². The number of amides is 2. The number of nitrogens with one attached hydrogen (secondary N) is 2. The van der Waals surface area contributed by atoms with E-state index in [1.54, 1.807) is 38.1 Å². The molecule has 0 bridgehead atoms. The Balaban J connectivity index is 1.98. The molecule has 2 rings (SSSR count). The highest BCUT2D eigenvalue weighted by Gasteiger charge is 2.10. The Morgan fingerprint density at radius 1 is 1.24 bits per heavy atom. The molecular formula is C13H14N4O4. The van der Waals surface area contributed by atoms with Crippen LogP contribution in [0.1, 0.15) is 23.1 Å². The molecule has 0 atom stereocenters. The van der Waals surface area contributed by atoms with E-state index in [-0.39, 0.29) is 6.61 Å². The number of carbonyl (C=O) groups is 2. The SMILES string of the molecule is CCOC(=O)NNC(=O)c1ccc(-c2nc(C)no2)cc1. The van der Waals surface area contributed by atoms with Gasteiger partial charge in [0.05, 0.1) is 6.61 Å². The second-order valence-corrected chi connectivity index (χ2v) is 4.02. The van der Waals surface area contributed by atoms with Crippen molar-refractivity contribution in [3.63, 3.8) is 0 Å². The van der Waals surface area contributed by atoms with Gasteiger partial charge in [-0.1, -0.05) is 5.16 Å². The number of nitrogens with zero attached hydrogens (tertiary/aromatic N) is 2. The van der Waals surface area contributed by atoms with Gasteiger partial charge in [-0.25, -0.2) is 10.2 Å². The van der Waals surface area contributed by atoms with Crippen molar-refractivity contribution in [2.24, 2.45) is 0 Å². The Kier molecular flexibility index (Phi) is 4.50. The number of hydrogen-bond acceptors (Lipinski definition) is 6. The van der Waals surface area contributed by atoms with Crippen molar-refractivity contribution >= 4 is 12.0 Å². The molecule has 0 spiro atoms. The molecule has 110 valence electrons. The van der Waals surface area contributed by atoms with Gasteiger partial charge in [0.15, 0.2) is 5.82 Å². The molecule has 1 aromatic heterocycles. The second-order valence-electron chi connectivity index (χ2n) is 4.02. The molecule has 8 heteroatoms. The zero-order valence-corrected chi connectivity index (χ0v) is 11.5. The van der Waals surface area contributed by atoms with E-state index in [2.05, 4.69) is 25.7 Å². The first-order valence-electron chi connectivity index (χ1n) is 6.24. The minimum absolute atomic E-state index is 0.222. The Morgan fingerprint density at radius 3 is 2.52 bits per heavy atom. The molecule has 0 radical (unpaired) electrons. The van der Waals surface area contributed by atoms with Gasteiger partial charge in [-0.05, 0) is 38.1 Å². The smallest absolute Gasteiger partial charge is 0.426 e. The molecule has 0 aliphatic carbocycles. The van der Waals surface area contributed by atoms with Gasteiger partial charge in [0.25, 0.3) is 11.8 Å². The van der Waals surface area contributed by atoms with Crippen LogP contribution in [0, 0.1) is 6.92 Å². The fourth-order valence-electron chi connectivity index (χ4n) is 1.53. The van der Waals surface area contributed by atoms with Crippen molar-refractivity contribution in [2.45, 2.75) is 13.8 Å². The monoisotopic (exact) mass is 290 g/mol. The van der Waals surface area contributed by atoms with Crippen LogP contribution >= 0.6 is 0 Å². The maximum atomic E-state index is 11.8. The molecule has 0 unspecified atom stereocenters. The number of aryl methyl sites for hydroxylation is 1. The molecule has 2 amide bonds. The van der Waals surface area contributed by atoms with E-state index in [1.807, 2.05) is 0 Å². The van der Waals surface area contributed by atoms with Crippen LogP contribution in [0.4, 0.5) is 4.79 Å². The van der Waals surface area contributed by atoms with Gasteiger partial charge in [-0.15, -0.1) is 0 Å². The first-order chi connectivity index (χ1) is 10.1. The van der Waals surface area contributed by atoms with E-state index >= 15 is 0 Å². The van der Waals surface area contributed by atoms with Crippen LogP contribution in [0.3, 0.4) is 0 Å². The molecule has 0 aliphatic rings. The van der Waals surface area contributed by atoms with E-state index in [9.17, 15) is 9.59 Å². The van der Waals surface area contributed by atoms with Crippen molar-refractivity contribution in [1.29, 1.82) is 0 Å². The predicted octanol–water partition coefficient (Wildman–Crippen LogP) is 1.44. The van der Waals surface area contributed by atoms with Crippen molar-refractivity contribution in [2.75, 3.05) is 6.61 Å². The lowest BCUT2D eigenvalue weighted by Crippen LogP contribution is -2.41. The number of rotatable bonds is 3. The van der Waals surface area contributed by atoms with Gasteiger partial charge in [0.1, 0.15) is 0 Å². The average Bonchev–Trinajstić information content (AvgIpc) is 2.92. The van der Waals surface area contributed by atoms with Gasteiger partial charge in [0.2, 0.25) is 0 Å². The average molecular weight is 290 g/mol. The molecule has 0 saturated carbocycles. The van der Waals surface area contributed by atoms with E-state index in [4.69, 9.17) is 4.52 Å². The maximum Gasteiger partial charge on any atom is 0.426 e. The van der Waals surface area contributed by atoms with Crippen molar-refractivity contribution in [3.8, 4) is 11.5 Å². The Labute approximate surface area is 120 Å². The van der Waals surface area contributed by atoms with Crippen molar-refractivity contribution in [1.82, 2.24) is 21.0 Å². The van der Waals surface area contributed by atoms with Crippen LogP contribution in [-0.4, -0.2) is 28.7 Å². The van der Waals surface area contributed by atoms with Gasteiger partial charge in [0, 0.05) is 11.1 Å². The molecule has 8 nitrogen and oxygen atoms in total. The highest BCUT2D eigenvalue weighted by Crippen LogP contribution is 2.17. The second kappa shape index (κ2) is 6.51. The molecule has 1 aromatic carbocycles. The van der Waals surface area contributed by atoms with Crippen molar-refractivity contribution < 1.29 is 18.8 Å². The molecule has 21 heavy (non-hydrogen) atoms. The summed E-state index contributed by atoms with van der Waals surface area (Å²) in [5.41, 5.74) is 5.43. The van der Waals surface area contributed by atoms with Crippen LogP contribution in [-0.2, 0) is 4.74 Å². The zero-order chi connectivity index (χ0) is 15.2. The first kappa shape index (κ1) is 14.5. The zero-order valence-electron chi connectivity index (χ0n) is 11.5. The summed E-state index contributed by atoms with van der Waals surface area (Å²) in [5, 5.41) is 3.69. The van der Waals surface area contributed by atoms with Gasteiger partial charge in [-0.2, -0.15) is 4.98 Å². The first-order valence-corrected chi connectivity index (χ1v) is 6.24. The third-order valence-electron chi connectivity index (χ3n) is 2.48. The standard InChI is InChI=1S/C13H14N4O4/c1-3-20-13(19)16-15-11(18)9-4-6-10(7-5-9)12-14-8(2)17-21-12/h4-7H,3H2,1-2H3,(H,15,18)(H,16,19). The topological polar surface area (TPSA) is 106 Å². The quantitative estimate of drug-likeness (QED) is 0.828. The van der Waals surface area contributed by atoms with Crippen LogP contribution in [0.2, 0.25) is 0 Å². The number of aromatic nitrogens is 2. The minimum Gasteiger partial charge on any atom is -0.449 e. The summed E-state index contributed by atoms with van der Waals surface area (Å²) in [5.74, 6) is 0.450. The lowest BCUT2D eigenvalue weighted by Gasteiger charge is -2.07. The van der Waals surface area contributed by atoms with Gasteiger partial charge >= 0.3 is 6.09 Å². The van der Waals surface area contributed by atoms with E-state index in [0.717, 1.165) is 0 Å². The Hall–Kier alpha value is -2.90. The fraction of sp³-hybridized carbons (Fsp3) is 0.231. The van der Waals surface area contributed by atoms with Crippen LogP contribution in [0.25, 0.3) is 11.5 Å². The molecule has 0 aliphatic heterocycles. The fourth-order valence-corrected chi connectivity index (χ4v) is 1.53. The predicted molar refractivity (Wildman–Crippen MR) is 72.1 cm³/mol. The Bertz CT molecular complexity index is 636. The molecule has 0 fully saturated rings. The van der Waals surface area contributed by atoms with Crippen LogP contribution < -0.4 is 10.9 Å². The number of carbonyl (C=O) groups excluding carboxylic acids is 2. The number of ether oxygens (including phenoxy) is 1. The normalized spacial score (nSPS) is 10.0. The molecule has 1 heterocycles. The van der Waals surface area contributed by atoms with E-state index < -0.39 is 12.0 Å². The maximum absolute atomic E-state index is 11.8. The number of hydrazine groups is 1. The van der Waals surface area contributed by atoms with E-state index in [1.165, 1.54) is 0 Å². The summed E-state index contributed by atoms with van der Waals surface area (Å²) in [6.07, 6.45) is -0.719. The summed E-state index contributed by atoms with van der Waals surface area (Å²) < 4.78 is 9.64. The highest BCUT2D eigenvalue weighted by molar-refractivity contribution is 5.95. The lowest BCUT2D eigenvalue weighted by molar-refractivity contribution is 0.0912. The summed E-state index contributed by atoms with van der Waals surface area (Å²) in [6, 6.07) is 6.51. The summed E-state index contributed by atoms with van der Waals surface area (Å²) >= 11 is 0. The molecule has 0 saturated heterocycles. The third kappa shape index (κ3) is 3.78.